The van der Waals surface area contributed by atoms with Crippen LogP contribution in [-0.4, -0.2) is 30.7 Å². The number of cyclic esters (lactones) is 2. The van der Waals surface area contributed by atoms with Gasteiger partial charge in [-0.1, -0.05) is 0 Å². The van der Waals surface area contributed by atoms with Crippen molar-refractivity contribution in [2.75, 3.05) is 5.32 Å². The zero-order valence-electron chi connectivity index (χ0n) is 12.6. The first-order valence-electron chi connectivity index (χ1n) is 6.51. The molecule has 1 heterocycles. The quantitative estimate of drug-likeness (QED) is 0.366. The van der Waals surface area contributed by atoms with Gasteiger partial charge >= 0.3 is 11.9 Å². The standard InChI is InChI=1S/C14H15NO7S/c1-8-6-9(23(18,19)20)4-5-11(8)15-7-10-12(16)21-14(2,3)22-13(10)17/h4-7,15H,1-3H3,(H,18,19,20). The lowest BCUT2D eigenvalue weighted by Gasteiger charge is -2.29. The lowest BCUT2D eigenvalue weighted by molar-refractivity contribution is -0.222. The topological polar surface area (TPSA) is 119 Å². The number of ether oxygens (including phenoxy) is 2. The van der Waals surface area contributed by atoms with Crippen LogP contribution in [-0.2, 0) is 29.2 Å². The average Bonchev–Trinajstić information content (AvgIpc) is 2.36. The zero-order chi connectivity index (χ0) is 17.4. The Morgan fingerprint density at radius 2 is 1.74 bits per heavy atom. The Morgan fingerprint density at radius 3 is 2.22 bits per heavy atom. The van der Waals surface area contributed by atoms with Gasteiger partial charge in [0.05, 0.1) is 4.90 Å². The van der Waals surface area contributed by atoms with Crippen molar-refractivity contribution in [2.45, 2.75) is 31.5 Å². The van der Waals surface area contributed by atoms with E-state index < -0.39 is 27.8 Å². The molecule has 1 saturated heterocycles. The Kier molecular flexibility index (Phi) is 4.18. The van der Waals surface area contributed by atoms with Crippen molar-refractivity contribution in [2.24, 2.45) is 0 Å². The van der Waals surface area contributed by atoms with E-state index in [-0.39, 0.29) is 10.5 Å². The number of carbonyl (C=O) groups is 2. The lowest BCUT2D eigenvalue weighted by Crippen LogP contribution is -2.42. The summed E-state index contributed by atoms with van der Waals surface area (Å²) in [7, 11) is -4.30. The molecule has 1 aliphatic heterocycles. The van der Waals surface area contributed by atoms with E-state index in [0.717, 1.165) is 6.20 Å². The summed E-state index contributed by atoms with van der Waals surface area (Å²) in [4.78, 5) is 23.3. The number of nitrogens with one attached hydrogen (secondary N) is 1. The third kappa shape index (κ3) is 3.88. The number of aryl methyl sites for hydroxylation is 1. The minimum atomic E-state index is -4.30. The summed E-state index contributed by atoms with van der Waals surface area (Å²) in [6.45, 7) is 4.46. The summed E-state index contributed by atoms with van der Waals surface area (Å²) >= 11 is 0. The third-order valence-electron chi connectivity index (χ3n) is 2.98. The molecule has 2 rings (SSSR count). The highest BCUT2D eigenvalue weighted by molar-refractivity contribution is 7.85. The molecule has 0 spiro atoms. The highest BCUT2D eigenvalue weighted by Crippen LogP contribution is 2.24. The molecule has 0 atom stereocenters. The Bertz CT molecular complexity index is 786. The second-order valence-corrected chi connectivity index (χ2v) is 6.75. The van der Waals surface area contributed by atoms with Gasteiger partial charge in [0.25, 0.3) is 15.9 Å². The molecule has 0 amide bonds. The van der Waals surface area contributed by atoms with Crippen LogP contribution in [0, 0.1) is 6.92 Å². The predicted octanol–water partition coefficient (Wildman–Crippen LogP) is 1.37. The number of hydrogen-bond donors (Lipinski definition) is 2. The minimum Gasteiger partial charge on any atom is -0.419 e. The van der Waals surface area contributed by atoms with E-state index in [4.69, 9.17) is 14.0 Å². The highest BCUT2D eigenvalue weighted by Gasteiger charge is 2.38. The minimum absolute atomic E-state index is 0.258. The summed E-state index contributed by atoms with van der Waals surface area (Å²) in [5.74, 6) is -2.98. The van der Waals surface area contributed by atoms with Crippen LogP contribution in [0.5, 0.6) is 0 Å². The Morgan fingerprint density at radius 1 is 1.17 bits per heavy atom. The predicted molar refractivity (Wildman–Crippen MR) is 79.0 cm³/mol. The fourth-order valence-corrected chi connectivity index (χ4v) is 2.45. The van der Waals surface area contributed by atoms with E-state index in [0.29, 0.717) is 11.3 Å². The zero-order valence-corrected chi connectivity index (χ0v) is 13.4. The van der Waals surface area contributed by atoms with Crippen molar-refractivity contribution < 1.29 is 32.0 Å². The number of esters is 2. The van der Waals surface area contributed by atoms with Gasteiger partial charge in [-0.15, -0.1) is 0 Å². The number of rotatable bonds is 3. The summed E-state index contributed by atoms with van der Waals surface area (Å²) in [5.41, 5.74) is 0.604. The highest BCUT2D eigenvalue weighted by atomic mass is 32.2. The molecule has 23 heavy (non-hydrogen) atoms. The normalized spacial score (nSPS) is 17.3. The SMILES string of the molecule is Cc1cc(S(=O)(=O)O)ccc1NC=C1C(=O)OC(C)(C)OC1=O. The van der Waals surface area contributed by atoms with E-state index in [1.165, 1.54) is 32.0 Å². The van der Waals surface area contributed by atoms with E-state index in [1.807, 2.05) is 0 Å². The van der Waals surface area contributed by atoms with Crippen LogP contribution >= 0.6 is 0 Å². The van der Waals surface area contributed by atoms with Gasteiger partial charge in [-0.2, -0.15) is 8.42 Å². The molecule has 0 aliphatic carbocycles. The fraction of sp³-hybridized carbons (Fsp3) is 0.286. The fourth-order valence-electron chi connectivity index (χ4n) is 1.89. The number of hydrogen-bond acceptors (Lipinski definition) is 7. The molecule has 1 aliphatic rings. The van der Waals surface area contributed by atoms with Crippen molar-refractivity contribution in [3.63, 3.8) is 0 Å². The van der Waals surface area contributed by atoms with Crippen molar-refractivity contribution in [1.29, 1.82) is 0 Å². The van der Waals surface area contributed by atoms with Gasteiger partial charge in [-0.3, -0.25) is 4.55 Å². The van der Waals surface area contributed by atoms with Crippen molar-refractivity contribution in [3.8, 4) is 0 Å². The van der Waals surface area contributed by atoms with E-state index in [9.17, 15) is 18.0 Å². The largest absolute Gasteiger partial charge is 0.419 e. The van der Waals surface area contributed by atoms with Crippen LogP contribution < -0.4 is 5.32 Å². The summed E-state index contributed by atoms with van der Waals surface area (Å²) in [6, 6.07) is 3.82. The molecule has 2 N–H and O–H groups in total. The van der Waals surface area contributed by atoms with Crippen LogP contribution in [0.1, 0.15) is 19.4 Å². The van der Waals surface area contributed by atoms with Crippen molar-refractivity contribution in [1.82, 2.24) is 0 Å². The van der Waals surface area contributed by atoms with Crippen LogP contribution in [0.25, 0.3) is 0 Å². The monoisotopic (exact) mass is 341 g/mol. The number of carbonyl (C=O) groups excluding carboxylic acids is 2. The maximum Gasteiger partial charge on any atom is 0.350 e. The van der Waals surface area contributed by atoms with Gasteiger partial charge in [0.2, 0.25) is 0 Å². The summed E-state index contributed by atoms with van der Waals surface area (Å²) < 4.78 is 40.9. The van der Waals surface area contributed by atoms with Gasteiger partial charge in [0.1, 0.15) is 0 Å². The molecule has 0 saturated carbocycles. The molecular weight excluding hydrogens is 326 g/mol. The molecule has 8 nitrogen and oxygen atoms in total. The molecule has 0 bridgehead atoms. The molecule has 9 heteroatoms. The molecular formula is C14H15NO7S. The number of benzene rings is 1. The van der Waals surface area contributed by atoms with E-state index >= 15 is 0 Å². The second kappa shape index (κ2) is 5.67. The maximum atomic E-state index is 11.8. The number of anilines is 1. The average molecular weight is 341 g/mol. The van der Waals surface area contributed by atoms with Crippen LogP contribution in [0.4, 0.5) is 5.69 Å². The van der Waals surface area contributed by atoms with Gasteiger partial charge < -0.3 is 14.8 Å². The smallest absolute Gasteiger partial charge is 0.350 e. The third-order valence-corrected chi connectivity index (χ3v) is 3.83. The van der Waals surface area contributed by atoms with E-state index in [1.54, 1.807) is 6.92 Å². The molecule has 124 valence electrons. The van der Waals surface area contributed by atoms with Gasteiger partial charge in [-0.25, -0.2) is 9.59 Å². The Hall–Kier alpha value is -2.39. The molecule has 0 unspecified atom stereocenters. The van der Waals surface area contributed by atoms with Crippen LogP contribution in [0.2, 0.25) is 0 Å². The Labute approximate surface area is 132 Å². The first kappa shape index (κ1) is 17.0. The molecule has 0 radical (unpaired) electrons. The first-order chi connectivity index (χ1) is 10.5. The van der Waals surface area contributed by atoms with Gasteiger partial charge in [0, 0.05) is 25.7 Å². The summed E-state index contributed by atoms with van der Waals surface area (Å²) in [5, 5.41) is 2.71. The van der Waals surface area contributed by atoms with E-state index in [2.05, 4.69) is 5.32 Å². The van der Waals surface area contributed by atoms with Crippen molar-refractivity contribution in [3.05, 3.63) is 35.5 Å². The molecule has 1 aromatic rings. The van der Waals surface area contributed by atoms with Crippen molar-refractivity contribution >= 4 is 27.7 Å². The van der Waals surface area contributed by atoms with Gasteiger partial charge in [0.15, 0.2) is 5.57 Å². The first-order valence-corrected chi connectivity index (χ1v) is 7.95. The second-order valence-electron chi connectivity index (χ2n) is 5.33. The van der Waals surface area contributed by atoms with Gasteiger partial charge in [-0.05, 0) is 30.7 Å². The molecule has 1 fully saturated rings. The molecule has 0 aromatic heterocycles. The molecule has 1 aromatic carbocycles. The van der Waals surface area contributed by atoms with Crippen LogP contribution in [0.3, 0.4) is 0 Å². The maximum absolute atomic E-state index is 11.8. The lowest BCUT2D eigenvalue weighted by atomic mass is 10.2. The summed E-state index contributed by atoms with van der Waals surface area (Å²) in [6.07, 6.45) is 1.12. The van der Waals surface area contributed by atoms with Crippen LogP contribution in [0.15, 0.2) is 34.9 Å². The Balaban J connectivity index is 2.24.